The minimum absolute atomic E-state index is 0.0491. The third-order valence-electron chi connectivity index (χ3n) is 3.42. The largest absolute Gasteiger partial charge is 0.466 e. The predicted octanol–water partition coefficient (Wildman–Crippen LogP) is 3.67. The lowest BCUT2D eigenvalue weighted by Gasteiger charge is -2.18. The van der Waals surface area contributed by atoms with Gasteiger partial charge in [-0.2, -0.15) is 13.2 Å². The first kappa shape index (κ1) is 14.6. The van der Waals surface area contributed by atoms with Gasteiger partial charge in [0, 0.05) is 23.5 Å². The van der Waals surface area contributed by atoms with Gasteiger partial charge in [-0.25, -0.2) is 0 Å². The molecule has 0 saturated carbocycles. The molecule has 0 saturated heterocycles. The third-order valence-corrected chi connectivity index (χ3v) is 3.42. The van der Waals surface area contributed by atoms with Crippen molar-refractivity contribution >= 4 is 0 Å². The lowest BCUT2D eigenvalue weighted by atomic mass is 9.94. The first-order valence-electron chi connectivity index (χ1n) is 6.06. The molecule has 0 spiro atoms. The maximum absolute atomic E-state index is 13.0. The molecule has 108 valence electrons. The average molecular weight is 284 g/mol. The number of pyridine rings is 1. The third kappa shape index (κ3) is 2.43. The Balaban J connectivity index is 2.57. The molecule has 2 aromatic heterocycles. The molecule has 0 amide bonds. The Morgan fingerprint density at radius 2 is 1.85 bits per heavy atom. The Morgan fingerprint density at radius 3 is 2.35 bits per heavy atom. The van der Waals surface area contributed by atoms with Crippen molar-refractivity contribution in [3.63, 3.8) is 0 Å². The highest BCUT2D eigenvalue weighted by Gasteiger charge is 2.35. The van der Waals surface area contributed by atoms with E-state index in [0.29, 0.717) is 17.1 Å². The van der Waals surface area contributed by atoms with Gasteiger partial charge >= 0.3 is 6.18 Å². The second-order valence-electron chi connectivity index (χ2n) is 4.69. The topological polar surface area (TPSA) is 52.0 Å². The summed E-state index contributed by atoms with van der Waals surface area (Å²) in [5.41, 5.74) is 6.57. The molecule has 2 rings (SSSR count). The smallest absolute Gasteiger partial charge is 0.416 e. The van der Waals surface area contributed by atoms with Crippen LogP contribution in [-0.2, 0) is 6.18 Å². The van der Waals surface area contributed by atoms with Crippen LogP contribution in [0, 0.1) is 20.8 Å². The fraction of sp³-hybridized carbons (Fsp3) is 0.357. The van der Waals surface area contributed by atoms with E-state index in [0.717, 1.165) is 24.0 Å². The van der Waals surface area contributed by atoms with Crippen LogP contribution in [-0.4, -0.2) is 4.98 Å². The van der Waals surface area contributed by atoms with E-state index in [-0.39, 0.29) is 5.56 Å². The molecule has 0 fully saturated rings. The highest BCUT2D eigenvalue weighted by atomic mass is 19.4. The molecule has 3 nitrogen and oxygen atoms in total. The molecule has 2 heterocycles. The van der Waals surface area contributed by atoms with Crippen molar-refractivity contribution in [1.82, 2.24) is 4.98 Å². The van der Waals surface area contributed by atoms with Gasteiger partial charge < -0.3 is 10.2 Å². The Bertz CT molecular complexity index is 632. The van der Waals surface area contributed by atoms with Crippen molar-refractivity contribution in [2.75, 3.05) is 0 Å². The van der Waals surface area contributed by atoms with Gasteiger partial charge in [-0.1, -0.05) is 0 Å². The standard InChI is InChI=1S/C14H15F3N2O/c1-7-8(2)20-9(3)12(7)13(18)10-6-19-5-4-11(10)14(15,16)17/h4-6,13H,18H2,1-3H3. The lowest BCUT2D eigenvalue weighted by molar-refractivity contribution is -0.138. The van der Waals surface area contributed by atoms with E-state index in [1.54, 1.807) is 20.8 Å². The number of aromatic nitrogens is 1. The number of hydrogen-bond acceptors (Lipinski definition) is 3. The molecule has 1 atom stereocenters. The van der Waals surface area contributed by atoms with Gasteiger partial charge in [0.2, 0.25) is 0 Å². The Kier molecular flexibility index (Phi) is 3.60. The maximum atomic E-state index is 13.0. The van der Waals surface area contributed by atoms with E-state index in [1.165, 1.54) is 0 Å². The van der Waals surface area contributed by atoms with Crippen molar-refractivity contribution in [2.45, 2.75) is 33.0 Å². The molecule has 2 N–H and O–H groups in total. The molecule has 0 aliphatic heterocycles. The van der Waals surface area contributed by atoms with Crippen LogP contribution in [0.25, 0.3) is 0 Å². The number of alkyl halides is 3. The second-order valence-corrected chi connectivity index (χ2v) is 4.69. The van der Waals surface area contributed by atoms with E-state index >= 15 is 0 Å². The molecule has 20 heavy (non-hydrogen) atoms. The summed E-state index contributed by atoms with van der Waals surface area (Å²) in [7, 11) is 0. The zero-order valence-corrected chi connectivity index (χ0v) is 11.4. The molecule has 0 aliphatic rings. The summed E-state index contributed by atoms with van der Waals surface area (Å²) in [6.07, 6.45) is -2.19. The van der Waals surface area contributed by atoms with Crippen molar-refractivity contribution in [1.29, 1.82) is 0 Å². The van der Waals surface area contributed by atoms with Crippen molar-refractivity contribution in [3.8, 4) is 0 Å². The van der Waals surface area contributed by atoms with Crippen LogP contribution in [0.1, 0.15) is 39.8 Å². The van der Waals surface area contributed by atoms with Gasteiger partial charge in [-0.05, 0) is 32.4 Å². The first-order valence-corrected chi connectivity index (χ1v) is 6.06. The van der Waals surface area contributed by atoms with Gasteiger partial charge in [0.25, 0.3) is 0 Å². The molecular formula is C14H15F3N2O. The average Bonchev–Trinajstić information content (AvgIpc) is 2.61. The molecular weight excluding hydrogens is 269 g/mol. The zero-order chi connectivity index (χ0) is 15.1. The zero-order valence-electron chi connectivity index (χ0n) is 11.4. The van der Waals surface area contributed by atoms with Gasteiger partial charge in [0.15, 0.2) is 0 Å². The van der Waals surface area contributed by atoms with Gasteiger partial charge in [0.1, 0.15) is 11.5 Å². The number of nitrogens with zero attached hydrogens (tertiary/aromatic N) is 1. The summed E-state index contributed by atoms with van der Waals surface area (Å²) in [6, 6.07) is 0.0186. The summed E-state index contributed by atoms with van der Waals surface area (Å²) < 4.78 is 44.5. The summed E-state index contributed by atoms with van der Waals surface area (Å²) in [6.45, 7) is 5.23. The van der Waals surface area contributed by atoms with Crippen LogP contribution in [0.2, 0.25) is 0 Å². The van der Waals surface area contributed by atoms with Crippen LogP contribution >= 0.6 is 0 Å². The molecule has 0 radical (unpaired) electrons. The maximum Gasteiger partial charge on any atom is 0.416 e. The number of rotatable bonds is 2. The Morgan fingerprint density at radius 1 is 1.20 bits per heavy atom. The molecule has 1 unspecified atom stereocenters. The number of furan rings is 1. The number of aryl methyl sites for hydroxylation is 2. The number of hydrogen-bond donors (Lipinski definition) is 1. The Labute approximate surface area is 114 Å². The fourth-order valence-electron chi connectivity index (χ4n) is 2.34. The SMILES string of the molecule is Cc1oc(C)c(C(N)c2cnccc2C(F)(F)F)c1C. The van der Waals surface area contributed by atoms with Gasteiger partial charge in [-0.3, -0.25) is 4.98 Å². The number of halogens is 3. The van der Waals surface area contributed by atoms with Crippen LogP contribution in [0.15, 0.2) is 22.9 Å². The van der Waals surface area contributed by atoms with Gasteiger partial charge in [-0.15, -0.1) is 0 Å². The van der Waals surface area contributed by atoms with Crippen LogP contribution in [0.3, 0.4) is 0 Å². The van der Waals surface area contributed by atoms with E-state index in [9.17, 15) is 13.2 Å². The summed E-state index contributed by atoms with van der Waals surface area (Å²) in [5.74, 6) is 1.19. The lowest BCUT2D eigenvalue weighted by Crippen LogP contribution is -2.19. The second kappa shape index (κ2) is 4.94. The van der Waals surface area contributed by atoms with Crippen LogP contribution in [0.4, 0.5) is 13.2 Å². The quantitative estimate of drug-likeness (QED) is 0.915. The Hall–Kier alpha value is -1.82. The summed E-state index contributed by atoms with van der Waals surface area (Å²) in [5, 5.41) is 0. The predicted molar refractivity (Wildman–Crippen MR) is 68.2 cm³/mol. The minimum atomic E-state index is -4.46. The van der Waals surface area contributed by atoms with Crippen LogP contribution in [0.5, 0.6) is 0 Å². The van der Waals surface area contributed by atoms with Crippen molar-refractivity contribution in [2.24, 2.45) is 5.73 Å². The molecule has 0 aliphatic carbocycles. The monoisotopic (exact) mass is 284 g/mol. The fourth-order valence-corrected chi connectivity index (χ4v) is 2.34. The highest BCUT2D eigenvalue weighted by molar-refractivity contribution is 5.42. The minimum Gasteiger partial charge on any atom is -0.466 e. The normalized spacial score (nSPS) is 13.6. The molecule has 6 heteroatoms. The number of nitrogens with two attached hydrogens (primary N) is 1. The summed E-state index contributed by atoms with van der Waals surface area (Å²) in [4.78, 5) is 3.76. The first-order chi connectivity index (χ1) is 9.23. The molecule has 2 aromatic rings. The molecule has 0 aromatic carbocycles. The highest BCUT2D eigenvalue weighted by Crippen LogP contribution is 2.37. The van der Waals surface area contributed by atoms with Crippen molar-refractivity contribution in [3.05, 3.63) is 52.2 Å². The van der Waals surface area contributed by atoms with E-state index in [1.807, 2.05) is 0 Å². The van der Waals surface area contributed by atoms with E-state index in [4.69, 9.17) is 10.2 Å². The van der Waals surface area contributed by atoms with E-state index in [2.05, 4.69) is 4.98 Å². The van der Waals surface area contributed by atoms with E-state index < -0.39 is 17.8 Å². The summed E-state index contributed by atoms with van der Waals surface area (Å²) >= 11 is 0. The van der Waals surface area contributed by atoms with Crippen LogP contribution < -0.4 is 5.73 Å². The van der Waals surface area contributed by atoms with Crippen molar-refractivity contribution < 1.29 is 17.6 Å². The van der Waals surface area contributed by atoms with Gasteiger partial charge in [0.05, 0.1) is 11.6 Å². The molecule has 0 bridgehead atoms.